The minimum absolute atomic E-state index is 0.0198. The second kappa shape index (κ2) is 6.04. The van der Waals surface area contributed by atoms with Gasteiger partial charge in [0, 0.05) is 19.7 Å². The number of halogens is 1. The predicted octanol–water partition coefficient (Wildman–Crippen LogP) is 1.13. The van der Waals surface area contributed by atoms with E-state index >= 15 is 0 Å². The Bertz CT molecular complexity index is 641. The summed E-state index contributed by atoms with van der Waals surface area (Å²) < 4.78 is 39.6. The highest BCUT2D eigenvalue weighted by atomic mass is 32.2. The van der Waals surface area contributed by atoms with Gasteiger partial charge in [-0.05, 0) is 30.9 Å². The highest BCUT2D eigenvalue weighted by Crippen LogP contribution is 2.31. The Kier molecular flexibility index (Phi) is 4.55. The number of hydrogen-bond donors (Lipinski definition) is 1. The van der Waals surface area contributed by atoms with Crippen LogP contribution in [0.3, 0.4) is 0 Å². The monoisotopic (exact) mass is 318 g/mol. The van der Waals surface area contributed by atoms with E-state index < -0.39 is 31.3 Å². The molecule has 0 aliphatic carbocycles. The van der Waals surface area contributed by atoms with Gasteiger partial charge in [0.15, 0.2) is 4.90 Å². The topological polar surface area (TPSA) is 101 Å². The maximum Gasteiger partial charge on any atom is 0.324 e. The lowest BCUT2D eigenvalue weighted by Crippen LogP contribution is -2.39. The first-order valence-electron chi connectivity index (χ1n) is 6.42. The molecule has 1 aliphatic rings. The van der Waals surface area contributed by atoms with Crippen molar-refractivity contribution >= 4 is 15.7 Å². The van der Waals surface area contributed by atoms with E-state index in [9.17, 15) is 22.9 Å². The smallest absolute Gasteiger partial charge is 0.324 e. The molecule has 1 heterocycles. The number of piperidine rings is 1. The highest BCUT2D eigenvalue weighted by molar-refractivity contribution is 7.89. The van der Waals surface area contributed by atoms with Crippen molar-refractivity contribution in [3.8, 4) is 0 Å². The lowest BCUT2D eigenvalue weighted by atomic mass is 10.00. The molecule has 116 valence electrons. The van der Waals surface area contributed by atoms with E-state index in [1.807, 2.05) is 0 Å². The fourth-order valence-corrected chi connectivity index (χ4v) is 3.99. The van der Waals surface area contributed by atoms with Crippen molar-refractivity contribution in [3.63, 3.8) is 0 Å². The molecule has 1 saturated heterocycles. The van der Waals surface area contributed by atoms with Gasteiger partial charge in [0.05, 0.1) is 4.92 Å². The van der Waals surface area contributed by atoms with Gasteiger partial charge in [0.1, 0.15) is 0 Å². The number of para-hydroxylation sites is 1. The van der Waals surface area contributed by atoms with Crippen molar-refractivity contribution in [2.45, 2.75) is 17.7 Å². The average molecular weight is 318 g/mol. The molecule has 1 aromatic rings. The largest absolute Gasteiger partial charge is 0.396 e. The third-order valence-corrected chi connectivity index (χ3v) is 5.51. The molecule has 0 unspecified atom stereocenters. The van der Waals surface area contributed by atoms with Crippen LogP contribution in [0.15, 0.2) is 23.1 Å². The van der Waals surface area contributed by atoms with Crippen molar-refractivity contribution in [2.75, 3.05) is 19.7 Å². The molecule has 1 N–H and O–H groups in total. The fourth-order valence-electron chi connectivity index (χ4n) is 2.35. The molecular weight excluding hydrogens is 303 g/mol. The SMILES string of the molecule is O=[N+]([O-])c1c(F)cccc1S(=O)(=O)N1CCC(CO)CC1. The summed E-state index contributed by atoms with van der Waals surface area (Å²) >= 11 is 0. The van der Waals surface area contributed by atoms with Crippen LogP contribution in [-0.4, -0.2) is 42.4 Å². The van der Waals surface area contributed by atoms with Crippen molar-refractivity contribution in [1.29, 1.82) is 0 Å². The van der Waals surface area contributed by atoms with E-state index in [4.69, 9.17) is 5.11 Å². The first-order valence-corrected chi connectivity index (χ1v) is 7.86. The van der Waals surface area contributed by atoms with Crippen LogP contribution in [0.2, 0.25) is 0 Å². The number of aliphatic hydroxyl groups is 1. The number of benzene rings is 1. The van der Waals surface area contributed by atoms with Crippen LogP contribution in [0.25, 0.3) is 0 Å². The van der Waals surface area contributed by atoms with Crippen LogP contribution in [0, 0.1) is 21.8 Å². The number of rotatable bonds is 4. The molecule has 0 aromatic heterocycles. The summed E-state index contributed by atoms with van der Waals surface area (Å²) in [6.45, 7) is 0.288. The van der Waals surface area contributed by atoms with Crippen LogP contribution < -0.4 is 0 Å². The van der Waals surface area contributed by atoms with E-state index in [1.54, 1.807) is 0 Å². The molecule has 1 aromatic carbocycles. The molecule has 1 aliphatic heterocycles. The van der Waals surface area contributed by atoms with Gasteiger partial charge in [-0.1, -0.05) is 6.07 Å². The molecule has 7 nitrogen and oxygen atoms in total. The van der Waals surface area contributed by atoms with Crippen molar-refractivity contribution in [1.82, 2.24) is 4.31 Å². The molecule has 1 fully saturated rings. The Morgan fingerprint density at radius 2 is 2.00 bits per heavy atom. The van der Waals surface area contributed by atoms with Gasteiger partial charge in [-0.15, -0.1) is 0 Å². The first-order chi connectivity index (χ1) is 9.87. The van der Waals surface area contributed by atoms with Gasteiger partial charge < -0.3 is 5.11 Å². The summed E-state index contributed by atoms with van der Waals surface area (Å²) in [7, 11) is -4.12. The van der Waals surface area contributed by atoms with E-state index in [2.05, 4.69) is 0 Å². The zero-order valence-electron chi connectivity index (χ0n) is 11.1. The zero-order chi connectivity index (χ0) is 15.6. The molecule has 9 heteroatoms. The highest BCUT2D eigenvalue weighted by Gasteiger charge is 2.35. The summed E-state index contributed by atoms with van der Waals surface area (Å²) in [5.74, 6) is -1.15. The van der Waals surface area contributed by atoms with Gasteiger partial charge in [0.25, 0.3) is 0 Å². The van der Waals surface area contributed by atoms with Crippen molar-refractivity contribution in [3.05, 3.63) is 34.1 Å². The van der Waals surface area contributed by atoms with Crippen LogP contribution in [0.4, 0.5) is 10.1 Å². The second-order valence-corrected chi connectivity index (χ2v) is 6.78. The molecule has 0 atom stereocenters. The molecule has 0 saturated carbocycles. The second-order valence-electron chi connectivity index (χ2n) is 4.87. The summed E-state index contributed by atoms with van der Waals surface area (Å²) in [5, 5.41) is 20.0. The van der Waals surface area contributed by atoms with Crippen LogP contribution in [0.1, 0.15) is 12.8 Å². The van der Waals surface area contributed by atoms with Crippen molar-refractivity contribution < 1.29 is 22.8 Å². The van der Waals surface area contributed by atoms with Crippen LogP contribution in [-0.2, 0) is 10.0 Å². The van der Waals surface area contributed by atoms with Gasteiger partial charge in [-0.25, -0.2) is 8.42 Å². The Morgan fingerprint density at radius 1 is 1.38 bits per heavy atom. The molecule has 0 radical (unpaired) electrons. The van der Waals surface area contributed by atoms with Crippen molar-refractivity contribution in [2.24, 2.45) is 5.92 Å². The number of sulfonamides is 1. The van der Waals surface area contributed by atoms with Gasteiger partial charge in [-0.3, -0.25) is 10.1 Å². The van der Waals surface area contributed by atoms with Gasteiger partial charge >= 0.3 is 5.69 Å². The number of aliphatic hydroxyl groups excluding tert-OH is 1. The Balaban J connectivity index is 2.37. The number of nitro groups is 1. The molecule has 21 heavy (non-hydrogen) atoms. The number of nitro benzene ring substituents is 1. The minimum Gasteiger partial charge on any atom is -0.396 e. The lowest BCUT2D eigenvalue weighted by Gasteiger charge is -2.30. The minimum atomic E-state index is -4.12. The maximum absolute atomic E-state index is 13.6. The first kappa shape index (κ1) is 15.8. The van der Waals surface area contributed by atoms with Gasteiger partial charge in [-0.2, -0.15) is 8.70 Å². The fraction of sp³-hybridized carbons (Fsp3) is 0.500. The number of hydrogen-bond acceptors (Lipinski definition) is 5. The molecular formula is C12H15FN2O5S. The Labute approximate surface area is 121 Å². The standard InChI is InChI=1S/C12H15FN2O5S/c13-10-2-1-3-11(12(10)15(17)18)21(19,20)14-6-4-9(8-16)5-7-14/h1-3,9,16H,4-8H2. The molecule has 0 amide bonds. The molecule has 2 rings (SSSR count). The summed E-state index contributed by atoms with van der Waals surface area (Å²) in [6.07, 6.45) is 0.942. The summed E-state index contributed by atoms with van der Waals surface area (Å²) in [5.41, 5.74) is -1.03. The Morgan fingerprint density at radius 3 is 2.52 bits per heavy atom. The predicted molar refractivity (Wildman–Crippen MR) is 71.6 cm³/mol. The summed E-state index contributed by atoms with van der Waals surface area (Å²) in [6, 6.07) is 3.03. The Hall–Kier alpha value is -1.58. The van der Waals surface area contributed by atoms with Crippen LogP contribution >= 0.6 is 0 Å². The third kappa shape index (κ3) is 3.04. The summed E-state index contributed by atoms with van der Waals surface area (Å²) in [4.78, 5) is 9.27. The lowest BCUT2D eigenvalue weighted by molar-refractivity contribution is -0.390. The number of nitrogens with zero attached hydrogens (tertiary/aromatic N) is 2. The van der Waals surface area contributed by atoms with E-state index in [-0.39, 0.29) is 25.6 Å². The van der Waals surface area contributed by atoms with E-state index in [0.717, 1.165) is 22.5 Å². The van der Waals surface area contributed by atoms with Crippen LogP contribution in [0.5, 0.6) is 0 Å². The van der Waals surface area contributed by atoms with E-state index in [0.29, 0.717) is 12.8 Å². The quantitative estimate of drug-likeness (QED) is 0.662. The maximum atomic E-state index is 13.6. The third-order valence-electron chi connectivity index (χ3n) is 3.58. The molecule has 0 spiro atoms. The normalized spacial score (nSPS) is 17.8. The van der Waals surface area contributed by atoms with Gasteiger partial charge in [0.2, 0.25) is 15.8 Å². The zero-order valence-corrected chi connectivity index (χ0v) is 11.9. The van der Waals surface area contributed by atoms with E-state index in [1.165, 1.54) is 0 Å². The molecule has 0 bridgehead atoms. The average Bonchev–Trinajstić information content (AvgIpc) is 2.46.